The summed E-state index contributed by atoms with van der Waals surface area (Å²) in [6.45, 7) is 0. The average molecular weight is 439 g/mol. The molecule has 21 heavy (non-hydrogen) atoms. The molecule has 2 rings (SSSR count). The summed E-state index contributed by atoms with van der Waals surface area (Å²) < 4.78 is 46.1. The number of anilines is 1. The van der Waals surface area contributed by atoms with E-state index >= 15 is 0 Å². The molecule has 0 aliphatic rings. The second kappa shape index (κ2) is 6.33. The second-order valence-electron chi connectivity index (χ2n) is 4.03. The number of sulfonamides is 1. The zero-order valence-electron chi connectivity index (χ0n) is 10.7. The first-order valence-corrected chi connectivity index (χ1v) is 8.72. The third-order valence-electron chi connectivity index (χ3n) is 2.61. The Balaban J connectivity index is 2.38. The highest BCUT2D eigenvalue weighted by Crippen LogP contribution is 2.30. The summed E-state index contributed by atoms with van der Waals surface area (Å²) in [5, 5.41) is 0. The van der Waals surface area contributed by atoms with Gasteiger partial charge in [-0.1, -0.05) is 0 Å². The van der Waals surface area contributed by atoms with E-state index in [0.717, 1.165) is 6.07 Å². The van der Waals surface area contributed by atoms with Crippen LogP contribution >= 0.6 is 31.9 Å². The molecular formula is C13H10Br2FNO3S. The van der Waals surface area contributed by atoms with Crippen molar-refractivity contribution in [1.29, 1.82) is 0 Å². The third-order valence-corrected chi connectivity index (χ3v) is 5.28. The lowest BCUT2D eigenvalue weighted by Crippen LogP contribution is -2.13. The fraction of sp³-hybridized carbons (Fsp3) is 0.0769. The Morgan fingerprint density at radius 2 is 1.81 bits per heavy atom. The molecule has 0 unspecified atom stereocenters. The summed E-state index contributed by atoms with van der Waals surface area (Å²) in [6.07, 6.45) is 0. The van der Waals surface area contributed by atoms with Gasteiger partial charge in [-0.3, -0.25) is 4.72 Å². The lowest BCUT2D eigenvalue weighted by molar-refractivity contribution is 0.411. The Labute approximate surface area is 138 Å². The van der Waals surface area contributed by atoms with E-state index in [1.807, 2.05) is 0 Å². The highest BCUT2D eigenvalue weighted by molar-refractivity contribution is 9.11. The van der Waals surface area contributed by atoms with Crippen LogP contribution < -0.4 is 9.46 Å². The molecule has 0 saturated carbocycles. The Hall–Kier alpha value is -1.12. The van der Waals surface area contributed by atoms with Gasteiger partial charge in [0.25, 0.3) is 10.0 Å². The molecule has 0 aliphatic heterocycles. The van der Waals surface area contributed by atoms with E-state index in [1.165, 1.54) is 37.4 Å². The number of halogens is 3. The van der Waals surface area contributed by atoms with Crippen LogP contribution in [-0.4, -0.2) is 15.5 Å². The van der Waals surface area contributed by atoms with Gasteiger partial charge in [-0.25, -0.2) is 12.8 Å². The van der Waals surface area contributed by atoms with Crippen molar-refractivity contribution in [2.24, 2.45) is 0 Å². The topological polar surface area (TPSA) is 55.4 Å². The first kappa shape index (κ1) is 16.3. The second-order valence-corrected chi connectivity index (χ2v) is 7.42. The lowest BCUT2D eigenvalue weighted by Gasteiger charge is -2.11. The summed E-state index contributed by atoms with van der Waals surface area (Å²) in [4.78, 5) is 0.0336. The van der Waals surface area contributed by atoms with Crippen molar-refractivity contribution in [2.45, 2.75) is 4.90 Å². The van der Waals surface area contributed by atoms with Crippen LogP contribution in [0.3, 0.4) is 0 Å². The van der Waals surface area contributed by atoms with Gasteiger partial charge in [0.1, 0.15) is 11.6 Å². The summed E-state index contributed by atoms with van der Waals surface area (Å²) >= 11 is 6.39. The van der Waals surface area contributed by atoms with Gasteiger partial charge < -0.3 is 4.74 Å². The molecule has 0 aliphatic carbocycles. The minimum absolute atomic E-state index is 0.0336. The molecule has 4 nitrogen and oxygen atoms in total. The maximum Gasteiger partial charge on any atom is 0.261 e. The van der Waals surface area contributed by atoms with Gasteiger partial charge in [0.15, 0.2) is 0 Å². The summed E-state index contributed by atoms with van der Waals surface area (Å²) in [6, 6.07) is 8.09. The van der Waals surface area contributed by atoms with Crippen molar-refractivity contribution >= 4 is 47.6 Å². The molecule has 2 aromatic rings. The minimum atomic E-state index is -3.83. The lowest BCUT2D eigenvalue weighted by atomic mass is 10.3. The van der Waals surface area contributed by atoms with Gasteiger partial charge >= 0.3 is 0 Å². The molecule has 1 N–H and O–H groups in total. The van der Waals surface area contributed by atoms with Gasteiger partial charge in [0.05, 0.1) is 22.2 Å². The SMILES string of the molecule is COc1ccc(S(=O)(=O)Nc2cc(F)ccc2Br)cc1Br. The Kier molecular flexibility index (Phi) is 4.90. The van der Waals surface area contributed by atoms with E-state index in [-0.39, 0.29) is 10.6 Å². The smallest absolute Gasteiger partial charge is 0.261 e. The molecule has 0 saturated heterocycles. The highest BCUT2D eigenvalue weighted by Gasteiger charge is 2.17. The molecule has 0 atom stereocenters. The van der Waals surface area contributed by atoms with Crippen LogP contribution in [0.5, 0.6) is 5.75 Å². The van der Waals surface area contributed by atoms with E-state index in [1.54, 1.807) is 0 Å². The standard InChI is InChI=1S/C13H10Br2FNO3S/c1-20-13-5-3-9(7-11(13)15)21(18,19)17-12-6-8(16)2-4-10(12)14/h2-7,17H,1H3. The molecular weight excluding hydrogens is 429 g/mol. The largest absolute Gasteiger partial charge is 0.496 e. The predicted molar refractivity (Wildman–Crippen MR) is 85.6 cm³/mol. The van der Waals surface area contributed by atoms with Gasteiger partial charge in [-0.2, -0.15) is 0 Å². The van der Waals surface area contributed by atoms with E-state index in [0.29, 0.717) is 14.7 Å². The number of methoxy groups -OCH3 is 1. The fourth-order valence-electron chi connectivity index (χ4n) is 1.59. The number of hydrogen-bond acceptors (Lipinski definition) is 3. The summed E-state index contributed by atoms with van der Waals surface area (Å²) in [5.41, 5.74) is 0.127. The maximum atomic E-state index is 13.2. The van der Waals surface area contributed by atoms with Crippen LogP contribution in [0.4, 0.5) is 10.1 Å². The Morgan fingerprint density at radius 1 is 1.10 bits per heavy atom. The van der Waals surface area contributed by atoms with E-state index in [4.69, 9.17) is 4.74 Å². The quantitative estimate of drug-likeness (QED) is 0.779. The molecule has 112 valence electrons. The first-order chi connectivity index (χ1) is 9.83. The number of benzene rings is 2. The fourth-order valence-corrected chi connectivity index (χ4v) is 3.86. The average Bonchev–Trinajstić information content (AvgIpc) is 2.42. The number of rotatable bonds is 4. The number of nitrogens with one attached hydrogen (secondary N) is 1. The van der Waals surface area contributed by atoms with Crippen LogP contribution in [0, 0.1) is 5.82 Å². The number of hydrogen-bond donors (Lipinski definition) is 1. The summed E-state index contributed by atoms with van der Waals surface area (Å²) in [7, 11) is -2.35. The van der Waals surface area contributed by atoms with Crippen molar-refractivity contribution in [3.63, 3.8) is 0 Å². The predicted octanol–water partition coefficient (Wildman–Crippen LogP) is 4.16. The molecule has 0 heterocycles. The van der Waals surface area contributed by atoms with Gasteiger partial charge in [-0.15, -0.1) is 0 Å². The van der Waals surface area contributed by atoms with Gasteiger partial charge in [0.2, 0.25) is 0 Å². The van der Waals surface area contributed by atoms with Gasteiger partial charge in [0, 0.05) is 4.47 Å². The first-order valence-electron chi connectivity index (χ1n) is 5.65. The monoisotopic (exact) mass is 437 g/mol. The normalized spacial score (nSPS) is 11.2. The van der Waals surface area contributed by atoms with Crippen LogP contribution in [0.15, 0.2) is 50.2 Å². The van der Waals surface area contributed by atoms with Crippen molar-refractivity contribution in [3.8, 4) is 5.75 Å². The minimum Gasteiger partial charge on any atom is -0.496 e. The molecule has 0 fully saturated rings. The van der Waals surface area contributed by atoms with Crippen molar-refractivity contribution in [2.75, 3.05) is 11.8 Å². The van der Waals surface area contributed by atoms with Crippen LogP contribution in [0.1, 0.15) is 0 Å². The van der Waals surface area contributed by atoms with Crippen LogP contribution in [-0.2, 0) is 10.0 Å². The Morgan fingerprint density at radius 3 is 2.43 bits per heavy atom. The molecule has 0 amide bonds. The van der Waals surface area contributed by atoms with Crippen molar-refractivity contribution < 1.29 is 17.5 Å². The molecule has 0 bridgehead atoms. The Bertz CT molecular complexity index is 781. The van der Waals surface area contributed by atoms with E-state index < -0.39 is 15.8 Å². The highest BCUT2D eigenvalue weighted by atomic mass is 79.9. The molecule has 0 radical (unpaired) electrons. The number of ether oxygens (including phenoxy) is 1. The maximum absolute atomic E-state index is 13.2. The zero-order valence-corrected chi connectivity index (χ0v) is 14.7. The van der Waals surface area contributed by atoms with Crippen molar-refractivity contribution in [1.82, 2.24) is 0 Å². The molecule has 2 aromatic carbocycles. The van der Waals surface area contributed by atoms with Crippen LogP contribution in [0.25, 0.3) is 0 Å². The third kappa shape index (κ3) is 3.75. The molecule has 0 spiro atoms. The van der Waals surface area contributed by atoms with E-state index in [9.17, 15) is 12.8 Å². The van der Waals surface area contributed by atoms with Crippen LogP contribution in [0.2, 0.25) is 0 Å². The zero-order chi connectivity index (χ0) is 15.6. The van der Waals surface area contributed by atoms with E-state index in [2.05, 4.69) is 36.6 Å². The molecule has 0 aromatic heterocycles. The van der Waals surface area contributed by atoms with Crippen molar-refractivity contribution in [3.05, 3.63) is 51.2 Å². The van der Waals surface area contributed by atoms with Gasteiger partial charge in [-0.05, 0) is 68.3 Å². The molecule has 8 heteroatoms. The summed E-state index contributed by atoms with van der Waals surface area (Å²) in [5.74, 6) is -0.0207.